The first-order valence-corrected chi connectivity index (χ1v) is 7.08. The second-order valence-electron chi connectivity index (χ2n) is 5.04. The third kappa shape index (κ3) is 14.5. The summed E-state index contributed by atoms with van der Waals surface area (Å²) in [6, 6.07) is 0. The second-order valence-corrected chi connectivity index (χ2v) is 5.04. The lowest BCUT2D eigenvalue weighted by Crippen LogP contribution is -2.18. The Labute approximate surface area is 143 Å². The van der Waals surface area contributed by atoms with Crippen molar-refractivity contribution in [3.05, 3.63) is 37.0 Å². The molecule has 1 amide bonds. The van der Waals surface area contributed by atoms with Gasteiger partial charge in [-0.1, -0.05) is 19.7 Å². The molecule has 24 heavy (non-hydrogen) atoms. The smallest absolute Gasteiger partial charge is 0.333 e. The number of methoxy groups -OCH3 is 1. The van der Waals surface area contributed by atoms with E-state index in [4.69, 9.17) is 9.47 Å². The Balaban J connectivity index is 0. The van der Waals surface area contributed by atoms with E-state index >= 15 is 0 Å². The predicted molar refractivity (Wildman–Crippen MR) is 91.2 cm³/mol. The summed E-state index contributed by atoms with van der Waals surface area (Å²) < 4.78 is 13.9. The minimum Gasteiger partial charge on any atom is -0.466 e. The minimum atomic E-state index is -0.347. The normalized spacial score (nSPS) is 13.6. The van der Waals surface area contributed by atoms with Gasteiger partial charge >= 0.3 is 11.9 Å². The number of ether oxygens (including phenoxy) is 3. The largest absolute Gasteiger partial charge is 0.466 e. The third-order valence-corrected chi connectivity index (χ3v) is 2.30. The molecule has 1 aliphatic heterocycles. The molecule has 0 bridgehead atoms. The van der Waals surface area contributed by atoms with E-state index in [1.54, 1.807) is 27.9 Å². The third-order valence-electron chi connectivity index (χ3n) is 2.30. The number of epoxide rings is 1. The van der Waals surface area contributed by atoms with E-state index in [0.29, 0.717) is 24.4 Å². The van der Waals surface area contributed by atoms with Gasteiger partial charge in [0.15, 0.2) is 0 Å². The average molecular weight is 341 g/mol. The molecule has 0 spiro atoms. The van der Waals surface area contributed by atoms with Crippen molar-refractivity contribution >= 4 is 17.8 Å². The number of hydrogen-bond donors (Lipinski definition) is 0. The molecule has 1 saturated heterocycles. The number of nitrogens with zero attached hydrogens (tertiary/aromatic N) is 1. The zero-order valence-electron chi connectivity index (χ0n) is 15.1. The van der Waals surface area contributed by atoms with Gasteiger partial charge in [0.25, 0.3) is 0 Å². The number of carbonyl (C=O) groups excluding carboxylic acids is 3. The van der Waals surface area contributed by atoms with E-state index in [-0.39, 0.29) is 23.9 Å². The van der Waals surface area contributed by atoms with Gasteiger partial charge in [0, 0.05) is 25.2 Å². The van der Waals surface area contributed by atoms with Crippen molar-refractivity contribution < 1.29 is 28.6 Å². The van der Waals surface area contributed by atoms with Gasteiger partial charge in [-0.2, -0.15) is 0 Å². The molecule has 0 aromatic rings. The van der Waals surface area contributed by atoms with E-state index < -0.39 is 0 Å². The Hall–Kier alpha value is -2.41. The van der Waals surface area contributed by atoms with Gasteiger partial charge in [-0.25, -0.2) is 9.59 Å². The molecule has 1 fully saturated rings. The summed E-state index contributed by atoms with van der Waals surface area (Å²) in [6.07, 6.45) is 1.42. The fraction of sp³-hybridized carbons (Fsp3) is 0.471. The molecule has 0 aromatic heterocycles. The summed E-state index contributed by atoms with van der Waals surface area (Å²) in [5, 5.41) is 0. The standard InChI is InChI=1S/C7H10O3.C5H9NO.C5H8O2/c1-5(2)7(8)10-4-6-3-9-6;1-4-5(7)6(2)3;1-4(2)5(6)7-3/h6H,1,3-4H2,2H3;4H,1H2,2-3H3;1H2,2-3H3. The number of amides is 1. The van der Waals surface area contributed by atoms with Crippen molar-refractivity contribution in [3.8, 4) is 0 Å². The van der Waals surface area contributed by atoms with Crippen LogP contribution in [0.4, 0.5) is 0 Å². The Bertz CT molecular complexity index is 475. The van der Waals surface area contributed by atoms with E-state index in [1.165, 1.54) is 18.1 Å². The lowest BCUT2D eigenvalue weighted by Gasteiger charge is -2.03. The summed E-state index contributed by atoms with van der Waals surface area (Å²) in [7, 11) is 4.70. The van der Waals surface area contributed by atoms with Crippen molar-refractivity contribution in [1.29, 1.82) is 0 Å². The van der Waals surface area contributed by atoms with E-state index in [9.17, 15) is 14.4 Å². The van der Waals surface area contributed by atoms with Crippen LogP contribution in [0.1, 0.15) is 13.8 Å². The molecule has 1 unspecified atom stereocenters. The van der Waals surface area contributed by atoms with Crippen LogP contribution in [0.3, 0.4) is 0 Å². The molecule has 1 atom stereocenters. The first-order chi connectivity index (χ1) is 11.1. The molecule has 0 N–H and O–H groups in total. The van der Waals surface area contributed by atoms with Crippen LogP contribution < -0.4 is 0 Å². The Morgan fingerprint density at radius 1 is 1.17 bits per heavy atom. The van der Waals surface area contributed by atoms with Crippen LogP contribution in [0, 0.1) is 0 Å². The summed E-state index contributed by atoms with van der Waals surface area (Å²) in [4.78, 5) is 32.7. The van der Waals surface area contributed by atoms with Crippen LogP contribution in [0.5, 0.6) is 0 Å². The van der Waals surface area contributed by atoms with Gasteiger partial charge in [-0.15, -0.1) is 0 Å². The molecular formula is C17H27NO6. The first kappa shape index (κ1) is 23.9. The Morgan fingerprint density at radius 3 is 1.79 bits per heavy atom. The molecule has 0 radical (unpaired) electrons. The van der Waals surface area contributed by atoms with Crippen molar-refractivity contribution in [1.82, 2.24) is 4.90 Å². The summed E-state index contributed by atoms with van der Waals surface area (Å²) in [5.74, 6) is -0.740. The summed E-state index contributed by atoms with van der Waals surface area (Å²) >= 11 is 0. The molecule has 0 saturated carbocycles. The number of hydrogen-bond acceptors (Lipinski definition) is 6. The van der Waals surface area contributed by atoms with E-state index in [2.05, 4.69) is 24.5 Å². The van der Waals surface area contributed by atoms with E-state index in [0.717, 1.165) is 0 Å². The second kappa shape index (κ2) is 13.1. The number of rotatable bonds is 5. The van der Waals surface area contributed by atoms with Gasteiger partial charge in [-0.05, 0) is 19.9 Å². The first-order valence-electron chi connectivity index (χ1n) is 7.08. The van der Waals surface area contributed by atoms with Gasteiger partial charge in [0.2, 0.25) is 5.91 Å². The minimum absolute atomic E-state index is 0.0556. The highest BCUT2D eigenvalue weighted by molar-refractivity contribution is 5.87. The van der Waals surface area contributed by atoms with Crippen LogP contribution in [-0.4, -0.2) is 63.3 Å². The molecule has 7 heteroatoms. The number of likely N-dealkylation sites (N-methyl/N-ethyl adjacent to an activating group) is 1. The van der Waals surface area contributed by atoms with Crippen molar-refractivity contribution in [2.45, 2.75) is 20.0 Å². The van der Waals surface area contributed by atoms with Crippen LogP contribution in [0.15, 0.2) is 37.0 Å². The van der Waals surface area contributed by atoms with Crippen LogP contribution in [0.2, 0.25) is 0 Å². The fourth-order valence-electron chi connectivity index (χ4n) is 0.813. The quantitative estimate of drug-likeness (QED) is 0.428. The average Bonchev–Trinajstić information content (AvgIpc) is 3.35. The maximum atomic E-state index is 10.7. The Kier molecular flexibility index (Phi) is 13.0. The molecule has 1 aliphatic rings. The molecule has 136 valence electrons. The molecule has 1 heterocycles. The zero-order chi connectivity index (χ0) is 19.3. The molecule has 0 aliphatic carbocycles. The fourth-order valence-corrected chi connectivity index (χ4v) is 0.813. The van der Waals surface area contributed by atoms with Crippen LogP contribution in [-0.2, 0) is 28.6 Å². The highest BCUT2D eigenvalue weighted by Gasteiger charge is 2.24. The zero-order valence-corrected chi connectivity index (χ0v) is 15.1. The van der Waals surface area contributed by atoms with Crippen molar-refractivity contribution in [2.24, 2.45) is 0 Å². The lowest BCUT2D eigenvalue weighted by molar-refractivity contribution is -0.139. The molecule has 0 aromatic carbocycles. The van der Waals surface area contributed by atoms with E-state index in [1.807, 2.05) is 0 Å². The van der Waals surface area contributed by atoms with Crippen molar-refractivity contribution in [3.63, 3.8) is 0 Å². The number of carbonyl (C=O) groups is 3. The number of esters is 2. The Morgan fingerprint density at radius 2 is 1.62 bits per heavy atom. The maximum Gasteiger partial charge on any atom is 0.333 e. The highest BCUT2D eigenvalue weighted by atomic mass is 16.6. The van der Waals surface area contributed by atoms with Crippen LogP contribution in [0.25, 0.3) is 0 Å². The van der Waals surface area contributed by atoms with Gasteiger partial charge in [-0.3, -0.25) is 4.79 Å². The topological polar surface area (TPSA) is 85.4 Å². The van der Waals surface area contributed by atoms with Crippen molar-refractivity contribution in [2.75, 3.05) is 34.4 Å². The molecule has 1 rings (SSSR count). The van der Waals surface area contributed by atoms with Crippen LogP contribution >= 0.6 is 0 Å². The van der Waals surface area contributed by atoms with Gasteiger partial charge in [0.1, 0.15) is 12.7 Å². The predicted octanol–water partition coefficient (Wildman–Crippen LogP) is 1.50. The molecular weight excluding hydrogens is 314 g/mol. The lowest BCUT2D eigenvalue weighted by atomic mass is 10.4. The summed E-state index contributed by atoms with van der Waals surface area (Å²) in [6.45, 7) is 14.4. The van der Waals surface area contributed by atoms with Gasteiger partial charge in [0.05, 0.1) is 13.7 Å². The molecule has 7 nitrogen and oxygen atoms in total. The summed E-state index contributed by atoms with van der Waals surface area (Å²) in [5.41, 5.74) is 0.864. The SMILES string of the molecule is C=C(C)C(=O)OC.C=C(C)C(=O)OCC1CO1.C=CC(=O)N(C)C. The highest BCUT2D eigenvalue weighted by Crippen LogP contribution is 2.09. The van der Waals surface area contributed by atoms with Gasteiger partial charge < -0.3 is 19.1 Å². The maximum absolute atomic E-state index is 10.7. The monoisotopic (exact) mass is 341 g/mol.